The Labute approximate surface area is 95.2 Å². The van der Waals surface area contributed by atoms with E-state index in [1.54, 1.807) is 0 Å². The first-order valence-electron chi connectivity index (χ1n) is 6.75. The van der Waals surface area contributed by atoms with E-state index in [0.29, 0.717) is 6.04 Å². The van der Waals surface area contributed by atoms with Gasteiger partial charge in [0.15, 0.2) is 0 Å². The molecule has 0 aromatic carbocycles. The average Bonchev–Trinajstić information content (AvgIpc) is 2.22. The molecule has 2 heteroatoms. The molecule has 2 N–H and O–H groups in total. The second-order valence-corrected chi connectivity index (χ2v) is 5.01. The summed E-state index contributed by atoms with van der Waals surface area (Å²) in [4.78, 5) is 2.61. The monoisotopic (exact) mass is 212 g/mol. The topological polar surface area (TPSA) is 29.3 Å². The molecule has 2 nitrogen and oxygen atoms in total. The highest BCUT2D eigenvalue weighted by atomic mass is 15.1. The van der Waals surface area contributed by atoms with Gasteiger partial charge in [-0.2, -0.15) is 0 Å². The predicted octanol–water partition coefficient (Wildman–Crippen LogP) is 2.63. The third-order valence-corrected chi connectivity index (χ3v) is 3.54. The number of hydrogen-bond donors (Lipinski definition) is 1. The Hall–Kier alpha value is -0.0800. The lowest BCUT2D eigenvalue weighted by molar-refractivity contribution is 0.184. The first-order chi connectivity index (χ1) is 7.27. The van der Waals surface area contributed by atoms with Gasteiger partial charge in [-0.1, -0.05) is 26.7 Å². The molecule has 1 rings (SSSR count). The SMILES string of the molecule is CCCN(CCC)CC1CCCCC1N. The van der Waals surface area contributed by atoms with Gasteiger partial charge in [0, 0.05) is 12.6 Å². The van der Waals surface area contributed by atoms with E-state index in [0.717, 1.165) is 5.92 Å². The molecule has 1 aliphatic rings. The van der Waals surface area contributed by atoms with Crippen LogP contribution in [0.3, 0.4) is 0 Å². The normalized spacial score (nSPS) is 27.2. The van der Waals surface area contributed by atoms with Crippen molar-refractivity contribution in [2.24, 2.45) is 11.7 Å². The van der Waals surface area contributed by atoms with Gasteiger partial charge < -0.3 is 10.6 Å². The maximum absolute atomic E-state index is 6.19. The van der Waals surface area contributed by atoms with E-state index in [-0.39, 0.29) is 0 Å². The zero-order valence-electron chi connectivity index (χ0n) is 10.5. The van der Waals surface area contributed by atoms with Crippen LogP contribution in [0.1, 0.15) is 52.4 Å². The highest BCUT2D eigenvalue weighted by molar-refractivity contribution is 4.80. The number of hydrogen-bond acceptors (Lipinski definition) is 2. The van der Waals surface area contributed by atoms with Crippen LogP contribution in [-0.4, -0.2) is 30.6 Å². The molecule has 0 amide bonds. The molecule has 15 heavy (non-hydrogen) atoms. The third kappa shape index (κ3) is 4.52. The van der Waals surface area contributed by atoms with Crippen molar-refractivity contribution in [2.75, 3.05) is 19.6 Å². The Kier molecular flexibility index (Phi) is 6.26. The van der Waals surface area contributed by atoms with Crippen LogP contribution in [0.5, 0.6) is 0 Å². The Morgan fingerprint density at radius 2 is 1.67 bits per heavy atom. The van der Waals surface area contributed by atoms with Gasteiger partial charge in [0.25, 0.3) is 0 Å². The fourth-order valence-electron chi connectivity index (χ4n) is 2.72. The van der Waals surface area contributed by atoms with Crippen LogP contribution in [0.25, 0.3) is 0 Å². The van der Waals surface area contributed by atoms with Crippen LogP contribution >= 0.6 is 0 Å². The van der Waals surface area contributed by atoms with Crippen molar-refractivity contribution in [3.63, 3.8) is 0 Å². The minimum atomic E-state index is 0.468. The Balaban J connectivity index is 2.33. The second kappa shape index (κ2) is 7.24. The molecule has 90 valence electrons. The van der Waals surface area contributed by atoms with Crippen LogP contribution in [0, 0.1) is 5.92 Å². The fraction of sp³-hybridized carbons (Fsp3) is 1.00. The van der Waals surface area contributed by atoms with Gasteiger partial charge in [-0.3, -0.25) is 0 Å². The van der Waals surface area contributed by atoms with Crippen LogP contribution in [0.2, 0.25) is 0 Å². The van der Waals surface area contributed by atoms with Crippen molar-refractivity contribution in [3.05, 3.63) is 0 Å². The Morgan fingerprint density at radius 1 is 1.07 bits per heavy atom. The van der Waals surface area contributed by atoms with E-state index in [1.165, 1.54) is 58.2 Å². The Bertz CT molecular complexity index is 153. The number of rotatable bonds is 6. The van der Waals surface area contributed by atoms with Gasteiger partial charge in [0.1, 0.15) is 0 Å². The summed E-state index contributed by atoms with van der Waals surface area (Å²) in [6.07, 6.45) is 7.87. The Morgan fingerprint density at radius 3 is 2.20 bits per heavy atom. The minimum absolute atomic E-state index is 0.468. The fourth-order valence-corrected chi connectivity index (χ4v) is 2.72. The molecule has 0 radical (unpaired) electrons. The molecular formula is C13H28N2. The molecular weight excluding hydrogens is 184 g/mol. The van der Waals surface area contributed by atoms with E-state index in [1.807, 2.05) is 0 Å². The molecule has 0 heterocycles. The molecule has 2 atom stereocenters. The van der Waals surface area contributed by atoms with E-state index in [4.69, 9.17) is 5.73 Å². The van der Waals surface area contributed by atoms with E-state index in [2.05, 4.69) is 18.7 Å². The highest BCUT2D eigenvalue weighted by Crippen LogP contribution is 2.23. The standard InChI is InChI=1S/C13H28N2/c1-3-9-15(10-4-2)11-12-7-5-6-8-13(12)14/h12-13H,3-11,14H2,1-2H3. The largest absolute Gasteiger partial charge is 0.327 e. The van der Waals surface area contributed by atoms with Crippen LogP contribution < -0.4 is 5.73 Å². The predicted molar refractivity (Wildman–Crippen MR) is 67.0 cm³/mol. The lowest BCUT2D eigenvalue weighted by Crippen LogP contribution is -2.41. The van der Waals surface area contributed by atoms with Gasteiger partial charge in [-0.15, -0.1) is 0 Å². The summed E-state index contributed by atoms with van der Waals surface area (Å²) in [6.45, 7) is 8.27. The van der Waals surface area contributed by atoms with E-state index in [9.17, 15) is 0 Å². The minimum Gasteiger partial charge on any atom is -0.327 e. The van der Waals surface area contributed by atoms with Gasteiger partial charge in [0.05, 0.1) is 0 Å². The lowest BCUT2D eigenvalue weighted by atomic mass is 9.84. The second-order valence-electron chi connectivity index (χ2n) is 5.01. The van der Waals surface area contributed by atoms with Crippen LogP contribution in [0.15, 0.2) is 0 Å². The smallest absolute Gasteiger partial charge is 0.00793 e. The van der Waals surface area contributed by atoms with Gasteiger partial charge in [0.2, 0.25) is 0 Å². The van der Waals surface area contributed by atoms with Crippen LogP contribution in [0.4, 0.5) is 0 Å². The molecule has 1 fully saturated rings. The molecule has 0 aromatic heterocycles. The van der Waals surface area contributed by atoms with Crippen molar-refractivity contribution in [1.82, 2.24) is 4.90 Å². The maximum atomic E-state index is 6.19. The third-order valence-electron chi connectivity index (χ3n) is 3.54. The zero-order chi connectivity index (χ0) is 11.1. The van der Waals surface area contributed by atoms with Crippen molar-refractivity contribution in [1.29, 1.82) is 0 Å². The van der Waals surface area contributed by atoms with Crippen molar-refractivity contribution >= 4 is 0 Å². The van der Waals surface area contributed by atoms with E-state index >= 15 is 0 Å². The van der Waals surface area contributed by atoms with Crippen molar-refractivity contribution in [3.8, 4) is 0 Å². The molecule has 0 spiro atoms. The maximum Gasteiger partial charge on any atom is 0.00793 e. The highest BCUT2D eigenvalue weighted by Gasteiger charge is 2.23. The summed E-state index contributed by atoms with van der Waals surface area (Å²) in [5.41, 5.74) is 6.19. The van der Waals surface area contributed by atoms with Crippen molar-refractivity contribution < 1.29 is 0 Å². The van der Waals surface area contributed by atoms with Crippen LogP contribution in [-0.2, 0) is 0 Å². The summed E-state index contributed by atoms with van der Waals surface area (Å²) in [6, 6.07) is 0.468. The zero-order valence-corrected chi connectivity index (χ0v) is 10.5. The number of nitrogens with zero attached hydrogens (tertiary/aromatic N) is 1. The molecule has 0 aliphatic heterocycles. The van der Waals surface area contributed by atoms with Gasteiger partial charge >= 0.3 is 0 Å². The lowest BCUT2D eigenvalue weighted by Gasteiger charge is -2.33. The van der Waals surface area contributed by atoms with Crippen molar-refractivity contribution in [2.45, 2.75) is 58.4 Å². The van der Waals surface area contributed by atoms with Gasteiger partial charge in [-0.25, -0.2) is 0 Å². The quantitative estimate of drug-likeness (QED) is 0.733. The average molecular weight is 212 g/mol. The molecule has 1 saturated carbocycles. The van der Waals surface area contributed by atoms with E-state index < -0.39 is 0 Å². The molecule has 0 bridgehead atoms. The molecule has 0 saturated heterocycles. The first-order valence-corrected chi connectivity index (χ1v) is 6.75. The summed E-state index contributed by atoms with van der Waals surface area (Å²) in [7, 11) is 0. The van der Waals surface area contributed by atoms with Gasteiger partial charge in [-0.05, 0) is 44.7 Å². The summed E-state index contributed by atoms with van der Waals surface area (Å²) < 4.78 is 0. The summed E-state index contributed by atoms with van der Waals surface area (Å²) >= 11 is 0. The summed E-state index contributed by atoms with van der Waals surface area (Å²) in [5.74, 6) is 0.761. The molecule has 2 unspecified atom stereocenters. The number of nitrogens with two attached hydrogens (primary N) is 1. The summed E-state index contributed by atoms with van der Waals surface area (Å²) in [5, 5.41) is 0. The first kappa shape index (κ1) is 13.0. The molecule has 1 aliphatic carbocycles. The molecule has 0 aromatic rings.